The molecule has 1 aromatic rings. The predicted octanol–water partition coefficient (Wildman–Crippen LogP) is 3.46. The molecule has 2 rings (SSSR count). The Bertz CT molecular complexity index is 382. The Morgan fingerprint density at radius 2 is 1.71 bits per heavy atom. The Morgan fingerprint density at radius 3 is 2.24 bits per heavy atom. The van der Waals surface area contributed by atoms with Gasteiger partial charge in [0.25, 0.3) is 0 Å². The van der Waals surface area contributed by atoms with Gasteiger partial charge in [0.1, 0.15) is 5.75 Å². The molecule has 2 heteroatoms. The molecule has 1 aliphatic rings. The minimum atomic E-state index is 0.0913. The fraction of sp³-hybridized carbons (Fsp3) is 0.600. The zero-order valence-electron chi connectivity index (χ0n) is 11.3. The Hall–Kier alpha value is -1.02. The molecule has 0 aromatic heterocycles. The summed E-state index contributed by atoms with van der Waals surface area (Å²) in [7, 11) is 1.71. The van der Waals surface area contributed by atoms with E-state index in [2.05, 4.69) is 38.2 Å². The third-order valence-corrected chi connectivity index (χ3v) is 3.82. The molecule has 0 amide bonds. The fourth-order valence-electron chi connectivity index (χ4n) is 2.93. The summed E-state index contributed by atoms with van der Waals surface area (Å²) in [6.45, 7) is 6.87. The molecular weight excluding hydrogens is 210 g/mol. The lowest BCUT2D eigenvalue weighted by Crippen LogP contribution is -2.54. The number of hydrogen-bond acceptors (Lipinski definition) is 2. The number of methoxy groups -OCH3 is 1. The Balaban J connectivity index is 2.24. The van der Waals surface area contributed by atoms with Crippen molar-refractivity contribution in [2.45, 2.75) is 51.1 Å². The molecule has 1 aromatic carbocycles. The van der Waals surface area contributed by atoms with Gasteiger partial charge in [0.15, 0.2) is 0 Å². The number of rotatable bonds is 2. The Morgan fingerprint density at radius 1 is 1.06 bits per heavy atom. The van der Waals surface area contributed by atoms with Gasteiger partial charge in [0.05, 0.1) is 7.11 Å². The van der Waals surface area contributed by atoms with E-state index in [1.54, 1.807) is 7.11 Å². The summed E-state index contributed by atoms with van der Waals surface area (Å²) in [5.74, 6) is 0.924. The molecule has 0 saturated carbocycles. The van der Waals surface area contributed by atoms with Crippen LogP contribution in [0.15, 0.2) is 24.3 Å². The minimum Gasteiger partial charge on any atom is -0.497 e. The normalized spacial score (nSPS) is 27.8. The Labute approximate surface area is 104 Å². The first-order valence-corrected chi connectivity index (χ1v) is 6.39. The summed E-state index contributed by atoms with van der Waals surface area (Å²) in [6.07, 6.45) is 3.73. The van der Waals surface area contributed by atoms with Crippen molar-refractivity contribution >= 4 is 0 Å². The molecule has 1 heterocycles. The van der Waals surface area contributed by atoms with Crippen LogP contribution in [0.3, 0.4) is 0 Å². The van der Waals surface area contributed by atoms with E-state index in [0.29, 0.717) is 0 Å². The number of nitrogens with one attached hydrogen (secondary N) is 1. The van der Waals surface area contributed by atoms with Crippen LogP contribution in [0, 0.1) is 0 Å². The van der Waals surface area contributed by atoms with Gasteiger partial charge in [0.2, 0.25) is 0 Å². The van der Waals surface area contributed by atoms with Crippen LogP contribution in [0.25, 0.3) is 0 Å². The lowest BCUT2D eigenvalue weighted by Gasteiger charge is -2.45. The second-order valence-corrected chi connectivity index (χ2v) is 5.92. The highest BCUT2D eigenvalue weighted by atomic mass is 16.5. The second kappa shape index (κ2) is 4.34. The third kappa shape index (κ3) is 2.63. The molecule has 1 saturated heterocycles. The quantitative estimate of drug-likeness (QED) is 0.844. The summed E-state index contributed by atoms with van der Waals surface area (Å²) in [5, 5.41) is 3.78. The first kappa shape index (κ1) is 12.4. The molecule has 2 nitrogen and oxygen atoms in total. The standard InChI is InChI=1S/C15H23NO/c1-14(2)10-5-11-15(3,16-14)12-6-8-13(17-4)9-7-12/h6-9,16H,5,10-11H2,1-4H3. The molecule has 1 atom stereocenters. The van der Waals surface area contributed by atoms with Crippen LogP contribution < -0.4 is 10.1 Å². The fourth-order valence-corrected chi connectivity index (χ4v) is 2.93. The smallest absolute Gasteiger partial charge is 0.118 e. The van der Waals surface area contributed by atoms with Crippen LogP contribution in [0.5, 0.6) is 5.75 Å². The number of piperidine rings is 1. The molecular formula is C15H23NO. The van der Waals surface area contributed by atoms with Gasteiger partial charge in [-0.3, -0.25) is 0 Å². The van der Waals surface area contributed by atoms with E-state index in [4.69, 9.17) is 4.74 Å². The van der Waals surface area contributed by atoms with Crippen molar-refractivity contribution in [3.05, 3.63) is 29.8 Å². The van der Waals surface area contributed by atoms with Crippen LogP contribution in [0.2, 0.25) is 0 Å². The summed E-state index contributed by atoms with van der Waals surface area (Å²) in [5.41, 5.74) is 1.67. The van der Waals surface area contributed by atoms with Crippen molar-refractivity contribution in [2.24, 2.45) is 0 Å². The molecule has 1 unspecified atom stereocenters. The van der Waals surface area contributed by atoms with Crippen molar-refractivity contribution < 1.29 is 4.74 Å². The van der Waals surface area contributed by atoms with Crippen LogP contribution in [-0.4, -0.2) is 12.6 Å². The van der Waals surface area contributed by atoms with Gasteiger partial charge < -0.3 is 10.1 Å². The molecule has 1 aliphatic heterocycles. The predicted molar refractivity (Wildman–Crippen MR) is 71.4 cm³/mol. The van der Waals surface area contributed by atoms with Gasteiger partial charge in [-0.15, -0.1) is 0 Å². The van der Waals surface area contributed by atoms with Crippen molar-refractivity contribution in [2.75, 3.05) is 7.11 Å². The highest BCUT2D eigenvalue weighted by Crippen LogP contribution is 2.36. The molecule has 0 bridgehead atoms. The lowest BCUT2D eigenvalue weighted by atomic mass is 9.78. The van der Waals surface area contributed by atoms with Gasteiger partial charge >= 0.3 is 0 Å². The van der Waals surface area contributed by atoms with Crippen molar-refractivity contribution in [1.82, 2.24) is 5.32 Å². The largest absolute Gasteiger partial charge is 0.497 e. The monoisotopic (exact) mass is 233 g/mol. The second-order valence-electron chi connectivity index (χ2n) is 5.92. The van der Waals surface area contributed by atoms with Crippen molar-refractivity contribution in [3.63, 3.8) is 0 Å². The highest BCUT2D eigenvalue weighted by molar-refractivity contribution is 5.32. The molecule has 94 valence electrons. The van der Waals surface area contributed by atoms with Crippen LogP contribution >= 0.6 is 0 Å². The number of hydrogen-bond donors (Lipinski definition) is 1. The average molecular weight is 233 g/mol. The third-order valence-electron chi connectivity index (χ3n) is 3.82. The van der Waals surface area contributed by atoms with E-state index < -0.39 is 0 Å². The topological polar surface area (TPSA) is 21.3 Å². The van der Waals surface area contributed by atoms with Crippen molar-refractivity contribution in [3.8, 4) is 5.75 Å². The van der Waals surface area contributed by atoms with Gasteiger partial charge in [-0.05, 0) is 57.7 Å². The highest BCUT2D eigenvalue weighted by Gasteiger charge is 2.36. The SMILES string of the molecule is COc1ccc(C2(C)CCCC(C)(C)N2)cc1. The van der Waals surface area contributed by atoms with Crippen molar-refractivity contribution in [1.29, 1.82) is 0 Å². The van der Waals surface area contributed by atoms with E-state index in [0.717, 1.165) is 5.75 Å². The van der Waals surface area contributed by atoms with E-state index in [-0.39, 0.29) is 11.1 Å². The molecule has 0 spiro atoms. The first-order valence-electron chi connectivity index (χ1n) is 6.39. The zero-order valence-corrected chi connectivity index (χ0v) is 11.3. The summed E-state index contributed by atoms with van der Waals surface area (Å²) < 4.78 is 5.21. The maximum atomic E-state index is 5.21. The van der Waals surface area contributed by atoms with Gasteiger partial charge in [0, 0.05) is 11.1 Å². The Kier molecular flexibility index (Phi) is 3.17. The summed E-state index contributed by atoms with van der Waals surface area (Å²) in [4.78, 5) is 0. The van der Waals surface area contributed by atoms with Crippen LogP contribution in [0.4, 0.5) is 0 Å². The van der Waals surface area contributed by atoms with Gasteiger partial charge in [-0.25, -0.2) is 0 Å². The number of ether oxygens (including phenoxy) is 1. The first-order chi connectivity index (χ1) is 7.95. The van der Waals surface area contributed by atoms with Crippen LogP contribution in [-0.2, 0) is 5.54 Å². The van der Waals surface area contributed by atoms with E-state index >= 15 is 0 Å². The molecule has 0 aliphatic carbocycles. The van der Waals surface area contributed by atoms with E-state index in [9.17, 15) is 0 Å². The van der Waals surface area contributed by atoms with Gasteiger partial charge in [-0.1, -0.05) is 12.1 Å². The maximum Gasteiger partial charge on any atom is 0.118 e. The maximum absolute atomic E-state index is 5.21. The lowest BCUT2D eigenvalue weighted by molar-refractivity contribution is 0.168. The van der Waals surface area contributed by atoms with E-state index in [1.807, 2.05) is 12.1 Å². The molecule has 1 fully saturated rings. The molecule has 0 radical (unpaired) electrons. The van der Waals surface area contributed by atoms with Crippen LogP contribution in [0.1, 0.15) is 45.6 Å². The van der Waals surface area contributed by atoms with E-state index in [1.165, 1.54) is 24.8 Å². The summed E-state index contributed by atoms with van der Waals surface area (Å²) >= 11 is 0. The van der Waals surface area contributed by atoms with Gasteiger partial charge in [-0.2, -0.15) is 0 Å². The number of benzene rings is 1. The zero-order chi connectivity index (χ0) is 12.5. The summed E-state index contributed by atoms with van der Waals surface area (Å²) in [6, 6.07) is 8.44. The minimum absolute atomic E-state index is 0.0913. The molecule has 1 N–H and O–H groups in total. The molecule has 17 heavy (non-hydrogen) atoms. The average Bonchev–Trinajstić information content (AvgIpc) is 2.27.